The summed E-state index contributed by atoms with van der Waals surface area (Å²) in [6.07, 6.45) is 5.63. The molecule has 3 heterocycles. The molecule has 0 spiro atoms. The number of benzene rings is 1. The lowest BCUT2D eigenvalue weighted by atomic mass is 9.99. The molecule has 1 unspecified atom stereocenters. The second-order valence-corrected chi connectivity index (χ2v) is 10.7. The zero-order valence-corrected chi connectivity index (χ0v) is 22.2. The Morgan fingerprint density at radius 1 is 1.09 bits per heavy atom. The van der Waals surface area contributed by atoms with Crippen molar-refractivity contribution in [3.63, 3.8) is 0 Å². The highest BCUT2D eigenvalue weighted by atomic mass is 35.5. The second kappa shape index (κ2) is 11.5. The van der Waals surface area contributed by atoms with Gasteiger partial charge in [-0.25, -0.2) is 0 Å². The number of carbonyl (C=O) groups excluding carboxylic acids is 1. The number of aryl methyl sites for hydroxylation is 2. The van der Waals surface area contributed by atoms with Crippen LogP contribution in [-0.4, -0.2) is 39.5 Å². The molecule has 1 amide bonds. The van der Waals surface area contributed by atoms with Crippen LogP contribution in [0.25, 0.3) is 5.00 Å². The third-order valence-electron chi connectivity index (χ3n) is 6.44. The van der Waals surface area contributed by atoms with E-state index in [1.165, 1.54) is 10.4 Å². The number of carbonyl (C=O) groups is 1. The normalized spacial score (nSPS) is 14.8. The number of aliphatic imine (C=N–C) groups is 1. The standard InChI is InChI=1S/C26H33ClN6OS/c1-16-17(2)35-26-23(16)24(19-9-11-20(27)12-10-19)30-21(25-32-31-18(3)33(25)26)15-22(34)29-14-8-6-4-5-7-13-28/h9-12,21H,4-8,13-15,28H2,1-3H3,(H,29,34). The molecule has 3 N–H and O–H groups in total. The number of nitrogens with two attached hydrogens (primary N) is 1. The number of hydrogen-bond acceptors (Lipinski definition) is 6. The zero-order chi connectivity index (χ0) is 24.9. The van der Waals surface area contributed by atoms with E-state index in [1.807, 2.05) is 31.2 Å². The monoisotopic (exact) mass is 512 g/mol. The van der Waals surface area contributed by atoms with Gasteiger partial charge in [-0.2, -0.15) is 0 Å². The van der Waals surface area contributed by atoms with Crippen LogP contribution in [0.1, 0.15) is 77.8 Å². The fourth-order valence-electron chi connectivity index (χ4n) is 4.41. The molecule has 3 aromatic rings. The summed E-state index contributed by atoms with van der Waals surface area (Å²) in [4.78, 5) is 19.3. The van der Waals surface area contributed by atoms with E-state index < -0.39 is 6.04 Å². The van der Waals surface area contributed by atoms with Crippen LogP contribution in [0.2, 0.25) is 5.02 Å². The predicted octanol–water partition coefficient (Wildman–Crippen LogP) is 5.22. The van der Waals surface area contributed by atoms with Crippen molar-refractivity contribution in [2.45, 2.75) is 65.3 Å². The maximum absolute atomic E-state index is 12.9. The molecule has 0 fully saturated rings. The van der Waals surface area contributed by atoms with Gasteiger partial charge in [0.2, 0.25) is 5.91 Å². The third kappa shape index (κ3) is 5.66. The van der Waals surface area contributed by atoms with E-state index in [4.69, 9.17) is 22.3 Å². The van der Waals surface area contributed by atoms with Gasteiger partial charge in [-0.05, 0) is 57.9 Å². The first-order valence-corrected chi connectivity index (χ1v) is 13.4. The van der Waals surface area contributed by atoms with Gasteiger partial charge < -0.3 is 11.1 Å². The Kier molecular flexibility index (Phi) is 8.36. The van der Waals surface area contributed by atoms with E-state index in [0.717, 1.165) is 66.3 Å². The largest absolute Gasteiger partial charge is 0.356 e. The van der Waals surface area contributed by atoms with Crippen LogP contribution in [0.15, 0.2) is 29.3 Å². The van der Waals surface area contributed by atoms with Crippen molar-refractivity contribution in [3.8, 4) is 5.00 Å². The van der Waals surface area contributed by atoms with Crippen molar-refractivity contribution in [2.24, 2.45) is 10.7 Å². The van der Waals surface area contributed by atoms with Crippen molar-refractivity contribution in [1.82, 2.24) is 20.1 Å². The first kappa shape index (κ1) is 25.5. The van der Waals surface area contributed by atoms with Gasteiger partial charge in [-0.15, -0.1) is 21.5 Å². The summed E-state index contributed by atoms with van der Waals surface area (Å²) >= 11 is 7.88. The van der Waals surface area contributed by atoms with E-state index in [2.05, 4.69) is 33.9 Å². The van der Waals surface area contributed by atoms with Crippen molar-refractivity contribution in [2.75, 3.05) is 13.1 Å². The highest BCUT2D eigenvalue weighted by molar-refractivity contribution is 7.15. The van der Waals surface area contributed by atoms with Gasteiger partial charge in [0, 0.05) is 27.6 Å². The molecule has 2 aromatic heterocycles. The predicted molar refractivity (Wildman–Crippen MR) is 143 cm³/mol. The quantitative estimate of drug-likeness (QED) is 0.364. The summed E-state index contributed by atoms with van der Waals surface area (Å²) in [5, 5.41) is 13.6. The van der Waals surface area contributed by atoms with Crippen LogP contribution in [0.3, 0.4) is 0 Å². The molecule has 1 aliphatic heterocycles. The van der Waals surface area contributed by atoms with Gasteiger partial charge >= 0.3 is 0 Å². The van der Waals surface area contributed by atoms with E-state index in [1.54, 1.807) is 11.3 Å². The topological polar surface area (TPSA) is 98.2 Å². The lowest BCUT2D eigenvalue weighted by Crippen LogP contribution is -2.26. The minimum atomic E-state index is -0.439. The van der Waals surface area contributed by atoms with Crippen LogP contribution >= 0.6 is 22.9 Å². The van der Waals surface area contributed by atoms with E-state index in [0.29, 0.717) is 17.4 Å². The van der Waals surface area contributed by atoms with Crippen molar-refractivity contribution in [1.29, 1.82) is 0 Å². The van der Waals surface area contributed by atoms with Crippen molar-refractivity contribution in [3.05, 3.63) is 62.5 Å². The molecule has 1 aromatic carbocycles. The average Bonchev–Trinajstić information content (AvgIpc) is 3.31. The molecule has 4 rings (SSSR count). The van der Waals surface area contributed by atoms with E-state index >= 15 is 0 Å². The second-order valence-electron chi connectivity index (χ2n) is 9.02. The molecular formula is C26H33ClN6OS. The number of halogens is 1. The Morgan fingerprint density at radius 3 is 2.54 bits per heavy atom. The molecule has 186 valence electrons. The Labute approximate surface area is 215 Å². The van der Waals surface area contributed by atoms with E-state index in [-0.39, 0.29) is 12.3 Å². The van der Waals surface area contributed by atoms with Crippen LogP contribution < -0.4 is 11.1 Å². The summed E-state index contributed by atoms with van der Waals surface area (Å²) < 4.78 is 2.07. The molecule has 1 atom stereocenters. The van der Waals surface area contributed by atoms with Crippen LogP contribution in [0, 0.1) is 20.8 Å². The fraction of sp³-hybridized carbons (Fsp3) is 0.462. The lowest BCUT2D eigenvalue weighted by molar-refractivity contribution is -0.121. The summed E-state index contributed by atoms with van der Waals surface area (Å²) in [6, 6.07) is 7.28. The number of nitrogens with one attached hydrogen (secondary N) is 1. The number of nitrogens with zero attached hydrogens (tertiary/aromatic N) is 4. The number of rotatable bonds is 10. The number of aromatic nitrogens is 3. The number of amides is 1. The molecule has 35 heavy (non-hydrogen) atoms. The average molecular weight is 513 g/mol. The molecule has 0 bridgehead atoms. The molecule has 0 saturated heterocycles. The summed E-state index contributed by atoms with van der Waals surface area (Å²) in [5.41, 5.74) is 9.63. The molecule has 0 aliphatic carbocycles. The van der Waals surface area contributed by atoms with Crippen LogP contribution in [0.4, 0.5) is 0 Å². The molecule has 1 aliphatic rings. The van der Waals surface area contributed by atoms with Crippen LogP contribution in [-0.2, 0) is 4.79 Å². The molecule has 7 nitrogen and oxygen atoms in total. The van der Waals surface area contributed by atoms with Gasteiger partial charge in [0.1, 0.15) is 16.9 Å². The fourth-order valence-corrected chi connectivity index (χ4v) is 5.75. The molecular weight excluding hydrogens is 480 g/mol. The van der Waals surface area contributed by atoms with Crippen molar-refractivity contribution >= 4 is 34.6 Å². The zero-order valence-electron chi connectivity index (χ0n) is 20.6. The molecule has 0 saturated carbocycles. The Morgan fingerprint density at radius 2 is 1.80 bits per heavy atom. The van der Waals surface area contributed by atoms with Gasteiger partial charge in [-0.1, -0.05) is 43.0 Å². The molecule has 0 radical (unpaired) electrons. The van der Waals surface area contributed by atoms with Gasteiger partial charge in [0.15, 0.2) is 5.82 Å². The Hall–Kier alpha value is -2.55. The summed E-state index contributed by atoms with van der Waals surface area (Å²) in [6.45, 7) is 7.59. The lowest BCUT2D eigenvalue weighted by Gasteiger charge is -2.13. The van der Waals surface area contributed by atoms with Gasteiger partial charge in [0.05, 0.1) is 12.1 Å². The van der Waals surface area contributed by atoms with E-state index in [9.17, 15) is 4.79 Å². The Balaban J connectivity index is 1.62. The first-order valence-electron chi connectivity index (χ1n) is 12.2. The first-order chi connectivity index (χ1) is 16.9. The number of unbranched alkanes of at least 4 members (excludes halogenated alkanes) is 4. The minimum absolute atomic E-state index is 0.0264. The maximum atomic E-state index is 12.9. The number of thiophene rings is 1. The van der Waals surface area contributed by atoms with Crippen molar-refractivity contribution < 1.29 is 4.79 Å². The smallest absolute Gasteiger partial charge is 0.222 e. The highest BCUT2D eigenvalue weighted by Gasteiger charge is 2.32. The number of fused-ring (bicyclic) bond motifs is 3. The SMILES string of the molecule is Cc1sc2c(c1C)C(c1ccc(Cl)cc1)=NC(CC(=O)NCCCCCCCN)c1nnc(C)n1-2. The molecule has 9 heteroatoms. The van der Waals surface area contributed by atoms with Gasteiger partial charge in [-0.3, -0.25) is 14.4 Å². The van der Waals surface area contributed by atoms with Crippen LogP contribution in [0.5, 0.6) is 0 Å². The Bertz CT molecular complexity index is 1210. The third-order valence-corrected chi connectivity index (χ3v) is 7.88. The summed E-state index contributed by atoms with van der Waals surface area (Å²) in [5.74, 6) is 1.46. The van der Waals surface area contributed by atoms with Gasteiger partial charge in [0.25, 0.3) is 0 Å². The minimum Gasteiger partial charge on any atom is -0.356 e. The summed E-state index contributed by atoms with van der Waals surface area (Å²) in [7, 11) is 0. The number of hydrogen-bond donors (Lipinski definition) is 2. The maximum Gasteiger partial charge on any atom is 0.222 e. The highest BCUT2D eigenvalue weighted by Crippen LogP contribution is 2.39.